The van der Waals surface area contributed by atoms with E-state index in [1.165, 1.54) is 0 Å². The second kappa shape index (κ2) is 8.02. The lowest BCUT2D eigenvalue weighted by Gasteiger charge is -2.36. The van der Waals surface area contributed by atoms with Crippen molar-refractivity contribution in [1.29, 1.82) is 0 Å². The number of piperidine rings is 1. The van der Waals surface area contributed by atoms with Crippen LogP contribution in [-0.4, -0.2) is 33.9 Å². The molecular weight excluding hydrogens is 300 g/mol. The van der Waals surface area contributed by atoms with Gasteiger partial charge in [0.2, 0.25) is 5.91 Å². The number of aromatic nitrogens is 2. The van der Waals surface area contributed by atoms with Crippen molar-refractivity contribution in [2.45, 2.75) is 32.4 Å². The van der Waals surface area contributed by atoms with Crippen LogP contribution in [0.5, 0.6) is 0 Å². The van der Waals surface area contributed by atoms with E-state index in [0.717, 1.165) is 43.9 Å². The third kappa shape index (κ3) is 4.38. The molecule has 24 heavy (non-hydrogen) atoms. The van der Waals surface area contributed by atoms with Crippen LogP contribution in [0.4, 0.5) is 0 Å². The number of carbonyl (C=O) groups excluding carboxylic acids is 1. The summed E-state index contributed by atoms with van der Waals surface area (Å²) in [6.07, 6.45) is 5.74. The number of hydrogen-bond acceptors (Lipinski definition) is 4. The van der Waals surface area contributed by atoms with Gasteiger partial charge in [0.25, 0.3) is 0 Å². The maximum atomic E-state index is 11.6. The minimum Gasteiger partial charge on any atom is -0.348 e. The average molecular weight is 324 g/mol. The maximum absolute atomic E-state index is 11.6. The Bertz CT molecular complexity index is 639. The van der Waals surface area contributed by atoms with E-state index in [4.69, 9.17) is 0 Å². The highest BCUT2D eigenvalue weighted by Gasteiger charge is 2.29. The van der Waals surface area contributed by atoms with E-state index in [9.17, 15) is 4.79 Å². The molecule has 126 valence electrons. The molecule has 1 atom stereocenters. The molecule has 0 aliphatic carbocycles. The summed E-state index contributed by atoms with van der Waals surface area (Å²) in [6, 6.07) is 11.9. The normalized spacial score (nSPS) is 17.4. The lowest BCUT2D eigenvalue weighted by molar-refractivity contribution is -0.120. The van der Waals surface area contributed by atoms with Crippen molar-refractivity contribution in [3.8, 4) is 0 Å². The summed E-state index contributed by atoms with van der Waals surface area (Å²) in [7, 11) is 0. The Labute approximate surface area is 143 Å². The largest absolute Gasteiger partial charge is 0.348 e. The maximum Gasteiger partial charge on any atom is 0.217 e. The molecule has 0 radical (unpaired) electrons. The van der Waals surface area contributed by atoms with Gasteiger partial charge >= 0.3 is 0 Å². The Morgan fingerprint density at radius 2 is 1.88 bits per heavy atom. The summed E-state index contributed by atoms with van der Waals surface area (Å²) in [6.45, 7) is 4.50. The van der Waals surface area contributed by atoms with Gasteiger partial charge in [0.15, 0.2) is 0 Å². The van der Waals surface area contributed by atoms with Gasteiger partial charge in [-0.1, -0.05) is 12.1 Å². The zero-order valence-corrected chi connectivity index (χ0v) is 14.1. The Hall–Kier alpha value is -2.27. The summed E-state index contributed by atoms with van der Waals surface area (Å²) in [5, 5.41) is 3.10. The number of hydrogen-bond donors (Lipinski definition) is 1. The molecule has 1 aliphatic rings. The molecule has 1 saturated heterocycles. The summed E-state index contributed by atoms with van der Waals surface area (Å²) < 4.78 is 0. The topological polar surface area (TPSA) is 58.1 Å². The van der Waals surface area contributed by atoms with Crippen molar-refractivity contribution in [3.63, 3.8) is 0 Å². The molecule has 5 heteroatoms. The minimum absolute atomic E-state index is 0.000648. The summed E-state index contributed by atoms with van der Waals surface area (Å²) in [4.78, 5) is 22.9. The third-order valence-electron chi connectivity index (χ3n) is 4.58. The van der Waals surface area contributed by atoms with Crippen LogP contribution < -0.4 is 5.32 Å². The Kier molecular flexibility index (Phi) is 5.54. The van der Waals surface area contributed by atoms with E-state index in [2.05, 4.69) is 26.3 Å². The molecule has 1 fully saturated rings. The molecule has 2 aromatic heterocycles. The van der Waals surface area contributed by atoms with Crippen LogP contribution in [0.1, 0.15) is 37.2 Å². The van der Waals surface area contributed by atoms with Gasteiger partial charge < -0.3 is 5.32 Å². The molecular formula is C19H24N4O. The van der Waals surface area contributed by atoms with Crippen LogP contribution in [0.2, 0.25) is 0 Å². The van der Waals surface area contributed by atoms with Gasteiger partial charge in [0, 0.05) is 25.9 Å². The number of nitrogens with zero attached hydrogens (tertiary/aromatic N) is 3. The van der Waals surface area contributed by atoms with E-state index in [1.807, 2.05) is 36.5 Å². The summed E-state index contributed by atoms with van der Waals surface area (Å²) >= 11 is 0. The van der Waals surface area contributed by atoms with Crippen molar-refractivity contribution in [2.24, 2.45) is 5.92 Å². The van der Waals surface area contributed by atoms with Crippen LogP contribution >= 0.6 is 0 Å². The van der Waals surface area contributed by atoms with Crippen molar-refractivity contribution >= 4 is 5.91 Å². The summed E-state index contributed by atoms with van der Waals surface area (Å²) in [5.41, 5.74) is 2.06. The van der Waals surface area contributed by atoms with Crippen molar-refractivity contribution in [3.05, 3.63) is 60.2 Å². The fraction of sp³-hybridized carbons (Fsp3) is 0.421. The lowest BCUT2D eigenvalue weighted by Crippen LogP contribution is -2.40. The first-order valence-corrected chi connectivity index (χ1v) is 8.52. The van der Waals surface area contributed by atoms with Crippen molar-refractivity contribution in [1.82, 2.24) is 20.2 Å². The van der Waals surface area contributed by atoms with E-state index >= 15 is 0 Å². The molecule has 0 bridgehead atoms. The Morgan fingerprint density at radius 3 is 2.46 bits per heavy atom. The standard InChI is InChI=1S/C19H24N4O/c1-15(24)22-19(18-7-3-5-11-21-18)16-8-12-23(13-9-16)14-17-6-2-4-10-20-17/h2-7,10-11,16,19H,8-9,12-14H2,1H3,(H,22,24). The molecule has 1 unspecified atom stereocenters. The molecule has 5 nitrogen and oxygen atoms in total. The minimum atomic E-state index is 0.000648. The Balaban J connectivity index is 1.62. The van der Waals surface area contributed by atoms with Crippen molar-refractivity contribution in [2.75, 3.05) is 13.1 Å². The van der Waals surface area contributed by atoms with Crippen LogP contribution in [0.25, 0.3) is 0 Å². The van der Waals surface area contributed by atoms with Gasteiger partial charge in [-0.25, -0.2) is 0 Å². The zero-order chi connectivity index (χ0) is 16.8. The fourth-order valence-corrected chi connectivity index (χ4v) is 3.38. The van der Waals surface area contributed by atoms with Crippen LogP contribution in [0.15, 0.2) is 48.8 Å². The Morgan fingerprint density at radius 1 is 1.17 bits per heavy atom. The third-order valence-corrected chi connectivity index (χ3v) is 4.58. The second-order valence-electron chi connectivity index (χ2n) is 6.37. The molecule has 0 spiro atoms. The predicted molar refractivity (Wildman–Crippen MR) is 93.0 cm³/mol. The number of amides is 1. The average Bonchev–Trinajstić information content (AvgIpc) is 2.62. The first-order valence-electron chi connectivity index (χ1n) is 8.52. The van der Waals surface area contributed by atoms with E-state index in [1.54, 1.807) is 13.1 Å². The predicted octanol–water partition coefficient (Wildman–Crippen LogP) is 2.57. The van der Waals surface area contributed by atoms with E-state index in [0.29, 0.717) is 5.92 Å². The highest BCUT2D eigenvalue weighted by molar-refractivity contribution is 5.73. The number of likely N-dealkylation sites (tertiary alicyclic amines) is 1. The fourth-order valence-electron chi connectivity index (χ4n) is 3.38. The van der Waals surface area contributed by atoms with Gasteiger partial charge in [0.05, 0.1) is 17.4 Å². The second-order valence-corrected chi connectivity index (χ2v) is 6.37. The molecule has 1 amide bonds. The van der Waals surface area contributed by atoms with Gasteiger partial charge in [-0.15, -0.1) is 0 Å². The van der Waals surface area contributed by atoms with Gasteiger partial charge in [-0.3, -0.25) is 19.7 Å². The molecule has 3 heterocycles. The monoisotopic (exact) mass is 324 g/mol. The zero-order valence-electron chi connectivity index (χ0n) is 14.1. The van der Waals surface area contributed by atoms with Gasteiger partial charge in [-0.2, -0.15) is 0 Å². The van der Waals surface area contributed by atoms with Crippen LogP contribution in [-0.2, 0) is 11.3 Å². The quantitative estimate of drug-likeness (QED) is 0.918. The van der Waals surface area contributed by atoms with Crippen molar-refractivity contribution < 1.29 is 4.79 Å². The number of pyridine rings is 2. The molecule has 0 saturated carbocycles. The summed E-state index contributed by atoms with van der Waals surface area (Å²) in [5.74, 6) is 0.422. The molecule has 3 rings (SSSR count). The number of nitrogens with one attached hydrogen (secondary N) is 1. The van der Waals surface area contributed by atoms with Gasteiger partial charge in [-0.05, 0) is 56.1 Å². The van der Waals surface area contributed by atoms with Gasteiger partial charge in [0.1, 0.15) is 0 Å². The molecule has 1 N–H and O–H groups in total. The first-order chi connectivity index (χ1) is 11.7. The lowest BCUT2D eigenvalue weighted by atomic mass is 9.87. The molecule has 0 aromatic carbocycles. The van der Waals surface area contributed by atoms with Crippen LogP contribution in [0.3, 0.4) is 0 Å². The SMILES string of the molecule is CC(=O)NC(c1ccccn1)C1CCN(Cc2ccccn2)CC1. The highest BCUT2D eigenvalue weighted by Crippen LogP contribution is 2.30. The number of carbonyl (C=O) groups is 1. The van der Waals surface area contributed by atoms with Crippen LogP contribution in [0, 0.1) is 5.92 Å². The highest BCUT2D eigenvalue weighted by atomic mass is 16.1. The number of rotatable bonds is 5. The smallest absolute Gasteiger partial charge is 0.217 e. The van der Waals surface area contributed by atoms with E-state index < -0.39 is 0 Å². The molecule has 1 aliphatic heterocycles. The molecule has 2 aromatic rings. The first kappa shape index (κ1) is 16.6. The van der Waals surface area contributed by atoms with E-state index in [-0.39, 0.29) is 11.9 Å².